The zero-order valence-corrected chi connectivity index (χ0v) is 28.3. The summed E-state index contributed by atoms with van der Waals surface area (Å²) in [6.07, 6.45) is 8.66. The number of aliphatic hydroxyl groups excluding tert-OH is 4. The van der Waals surface area contributed by atoms with Crippen LogP contribution >= 0.6 is 0 Å². The monoisotopic (exact) mass is 635 g/mol. The highest BCUT2D eigenvalue weighted by Gasteiger charge is 2.59. The Labute approximate surface area is 270 Å². The normalized spacial score (nSPS) is 43.6. The topological polar surface area (TPSA) is 138 Å². The molecule has 3 saturated carbocycles. The fraction of sp³-hybridized carbons (Fsp3) is 0.917. The molecule has 0 bridgehead atoms. The van der Waals surface area contributed by atoms with E-state index in [2.05, 4.69) is 46.0 Å². The van der Waals surface area contributed by atoms with E-state index in [0.717, 1.165) is 54.8 Å². The minimum atomic E-state index is -1.50. The number of carbonyl (C=O) groups excluding carboxylic acids is 1. The molecule has 1 amide bonds. The van der Waals surface area contributed by atoms with Gasteiger partial charge >= 0.3 is 6.09 Å². The number of hydrogen-bond acceptors (Lipinski definition) is 8. The fourth-order valence-electron chi connectivity index (χ4n) is 10.5. The molecule has 0 spiro atoms. The standard InChI is InChI=1S/C36H61NO8/c1-21(2)7-6-8-22(3)26-11-12-27-25-10-9-23-19-24(13-15-35(23,4)28(25)14-16-36(26,27)5)44-34(42)37-17-18-43-33-32(41)31(40)30(39)29(20-38)45-33/h9,21-22,24-33,38-41H,6-8,10-20H2,1-5H3,(H,37,42)/t22?,24?,25?,26?,27?,28?,29?,30-,31?,32-,33-,35-,36+/m0/s1. The molecule has 5 rings (SSSR count). The molecule has 4 fully saturated rings. The van der Waals surface area contributed by atoms with Crippen LogP contribution in [-0.2, 0) is 14.2 Å². The Morgan fingerprint density at radius 2 is 1.80 bits per heavy atom. The number of fused-ring (bicyclic) bond motifs is 5. The quantitative estimate of drug-likeness (QED) is 0.159. The molecule has 45 heavy (non-hydrogen) atoms. The van der Waals surface area contributed by atoms with Gasteiger partial charge in [-0.3, -0.25) is 0 Å². The second-order valence-electron chi connectivity index (χ2n) is 16.1. The molecule has 0 aromatic rings. The van der Waals surface area contributed by atoms with Gasteiger partial charge in [-0.05, 0) is 91.3 Å². The van der Waals surface area contributed by atoms with Crippen LogP contribution in [0.5, 0.6) is 0 Å². The number of aliphatic hydroxyl groups is 4. The maximum atomic E-state index is 12.6. The number of ether oxygens (including phenoxy) is 3. The highest BCUT2D eigenvalue weighted by atomic mass is 16.7. The summed E-state index contributed by atoms with van der Waals surface area (Å²) in [6.45, 7) is 12.0. The molecule has 1 heterocycles. The second-order valence-corrected chi connectivity index (χ2v) is 16.1. The molecule has 1 aliphatic heterocycles. The first-order valence-corrected chi connectivity index (χ1v) is 17.9. The zero-order valence-electron chi connectivity index (χ0n) is 28.3. The number of nitrogens with one attached hydrogen (secondary N) is 1. The van der Waals surface area contributed by atoms with Crippen molar-refractivity contribution in [1.29, 1.82) is 0 Å². The van der Waals surface area contributed by atoms with Gasteiger partial charge in [0, 0.05) is 13.0 Å². The van der Waals surface area contributed by atoms with E-state index in [4.69, 9.17) is 14.2 Å². The maximum Gasteiger partial charge on any atom is 0.407 e. The summed E-state index contributed by atoms with van der Waals surface area (Å²) in [7, 11) is 0. The van der Waals surface area contributed by atoms with E-state index < -0.39 is 43.4 Å². The minimum absolute atomic E-state index is 0.00637. The van der Waals surface area contributed by atoms with Crippen molar-refractivity contribution in [2.45, 2.75) is 142 Å². The molecule has 9 heteroatoms. The average Bonchev–Trinajstić information content (AvgIpc) is 3.36. The summed E-state index contributed by atoms with van der Waals surface area (Å²) in [5, 5.41) is 42.0. The lowest BCUT2D eigenvalue weighted by molar-refractivity contribution is -0.300. The Kier molecular flexibility index (Phi) is 11.3. The molecular weight excluding hydrogens is 574 g/mol. The van der Waals surface area contributed by atoms with Crippen molar-refractivity contribution in [2.75, 3.05) is 19.8 Å². The fourth-order valence-corrected chi connectivity index (χ4v) is 10.5. The van der Waals surface area contributed by atoms with E-state index in [1.165, 1.54) is 56.9 Å². The van der Waals surface area contributed by atoms with Gasteiger partial charge in [0.1, 0.15) is 30.5 Å². The zero-order chi connectivity index (χ0) is 32.5. The molecule has 4 aliphatic carbocycles. The Morgan fingerprint density at radius 1 is 1.02 bits per heavy atom. The maximum absolute atomic E-state index is 12.6. The van der Waals surface area contributed by atoms with Crippen LogP contribution in [0.1, 0.15) is 105 Å². The largest absolute Gasteiger partial charge is 0.446 e. The van der Waals surface area contributed by atoms with Crippen molar-refractivity contribution in [3.63, 3.8) is 0 Å². The van der Waals surface area contributed by atoms with Crippen molar-refractivity contribution in [2.24, 2.45) is 46.3 Å². The van der Waals surface area contributed by atoms with Crippen LogP contribution in [0.15, 0.2) is 11.6 Å². The molecule has 9 nitrogen and oxygen atoms in total. The van der Waals surface area contributed by atoms with Gasteiger partial charge in [0.15, 0.2) is 6.29 Å². The predicted molar refractivity (Wildman–Crippen MR) is 171 cm³/mol. The van der Waals surface area contributed by atoms with Crippen LogP contribution in [0.2, 0.25) is 0 Å². The summed E-state index contributed by atoms with van der Waals surface area (Å²) in [5.74, 6) is 4.80. The lowest BCUT2D eigenvalue weighted by Crippen LogP contribution is -2.59. The highest BCUT2D eigenvalue weighted by molar-refractivity contribution is 5.67. The molecular formula is C36H61NO8. The summed E-state index contributed by atoms with van der Waals surface area (Å²) in [6, 6.07) is 0. The number of carbonyl (C=O) groups is 1. The number of allylic oxidation sites excluding steroid dienone is 1. The van der Waals surface area contributed by atoms with Crippen LogP contribution in [0.25, 0.3) is 0 Å². The third-order valence-electron chi connectivity index (χ3n) is 13.0. The first-order valence-electron chi connectivity index (χ1n) is 17.9. The molecule has 0 radical (unpaired) electrons. The molecule has 0 aromatic carbocycles. The Balaban J connectivity index is 1.09. The molecule has 5 N–H and O–H groups in total. The van der Waals surface area contributed by atoms with E-state index in [0.29, 0.717) is 5.41 Å². The van der Waals surface area contributed by atoms with Gasteiger partial charge in [0.05, 0.1) is 13.2 Å². The number of rotatable bonds is 11. The second kappa shape index (κ2) is 14.5. The first kappa shape index (κ1) is 35.1. The van der Waals surface area contributed by atoms with E-state index in [9.17, 15) is 25.2 Å². The van der Waals surface area contributed by atoms with Crippen LogP contribution in [-0.4, -0.2) is 83.1 Å². The van der Waals surface area contributed by atoms with E-state index in [-0.39, 0.29) is 24.7 Å². The van der Waals surface area contributed by atoms with Crippen LogP contribution in [0, 0.1) is 46.3 Å². The van der Waals surface area contributed by atoms with Crippen molar-refractivity contribution >= 4 is 6.09 Å². The molecule has 258 valence electrons. The third-order valence-corrected chi connectivity index (χ3v) is 13.0. The summed E-state index contributed by atoms with van der Waals surface area (Å²) >= 11 is 0. The van der Waals surface area contributed by atoms with Gasteiger partial charge in [0.2, 0.25) is 0 Å². The molecule has 13 atom stereocenters. The highest BCUT2D eigenvalue weighted by Crippen LogP contribution is 2.67. The van der Waals surface area contributed by atoms with Crippen LogP contribution in [0.4, 0.5) is 4.79 Å². The summed E-state index contributed by atoms with van der Waals surface area (Å²) in [5.41, 5.74) is 2.16. The smallest absolute Gasteiger partial charge is 0.407 e. The van der Waals surface area contributed by atoms with E-state index in [1.54, 1.807) is 0 Å². The Hall–Kier alpha value is -1.23. The first-order chi connectivity index (χ1) is 21.4. The van der Waals surface area contributed by atoms with Gasteiger partial charge in [0.25, 0.3) is 0 Å². The molecule has 0 aromatic heterocycles. The lowest BCUT2D eigenvalue weighted by atomic mass is 9.47. The van der Waals surface area contributed by atoms with Crippen molar-refractivity contribution < 1.29 is 39.4 Å². The number of alkyl carbamates (subject to hydrolysis) is 1. The van der Waals surface area contributed by atoms with E-state index >= 15 is 0 Å². The number of amides is 1. The third kappa shape index (κ3) is 7.14. The van der Waals surface area contributed by atoms with Gasteiger partial charge in [-0.25, -0.2) is 4.79 Å². The SMILES string of the molecule is CC(C)CCCC(C)C1CCC2C3CC=C4CC(OC(=O)NCCO[C@H]5OC(CO)[C@H](O)C(O)[C@@H]5O)CC[C@]4(C)C3CC[C@]12C. The van der Waals surface area contributed by atoms with Crippen LogP contribution < -0.4 is 5.32 Å². The van der Waals surface area contributed by atoms with Gasteiger partial charge < -0.3 is 40.0 Å². The Bertz CT molecular complexity index is 1030. The van der Waals surface area contributed by atoms with Crippen molar-refractivity contribution in [3.8, 4) is 0 Å². The van der Waals surface area contributed by atoms with Gasteiger partial charge in [-0.15, -0.1) is 0 Å². The van der Waals surface area contributed by atoms with Crippen molar-refractivity contribution in [1.82, 2.24) is 5.32 Å². The van der Waals surface area contributed by atoms with Crippen LogP contribution in [0.3, 0.4) is 0 Å². The predicted octanol–water partition coefficient (Wildman–Crippen LogP) is 4.94. The molecule has 1 saturated heterocycles. The minimum Gasteiger partial charge on any atom is -0.446 e. The van der Waals surface area contributed by atoms with Gasteiger partial charge in [-0.2, -0.15) is 0 Å². The van der Waals surface area contributed by atoms with E-state index in [1.807, 2.05) is 0 Å². The average molecular weight is 636 g/mol. The summed E-state index contributed by atoms with van der Waals surface area (Å²) < 4.78 is 16.6. The molecule has 8 unspecified atom stereocenters. The lowest BCUT2D eigenvalue weighted by Gasteiger charge is -2.58. The van der Waals surface area contributed by atoms with Gasteiger partial charge in [-0.1, -0.05) is 65.5 Å². The van der Waals surface area contributed by atoms with Crippen molar-refractivity contribution in [3.05, 3.63) is 11.6 Å². The summed E-state index contributed by atoms with van der Waals surface area (Å²) in [4.78, 5) is 12.6. The number of hydrogen-bond donors (Lipinski definition) is 5. The molecule has 5 aliphatic rings. The Morgan fingerprint density at radius 3 is 2.53 bits per heavy atom.